The predicted molar refractivity (Wildman–Crippen MR) is 80.6 cm³/mol. The molecule has 0 saturated heterocycles. The molecular weight excluding hydrogens is 282 g/mol. The minimum Gasteiger partial charge on any atom is -0.469 e. The van der Waals surface area contributed by atoms with Gasteiger partial charge in [0.2, 0.25) is 0 Å². The van der Waals surface area contributed by atoms with Crippen LogP contribution in [0.25, 0.3) is 0 Å². The molecule has 0 saturated carbocycles. The number of aromatic nitrogens is 2. The molecule has 0 aromatic carbocycles. The third kappa shape index (κ3) is 4.34. The second-order valence-corrected chi connectivity index (χ2v) is 4.81. The molecule has 2 aromatic rings. The summed E-state index contributed by atoms with van der Waals surface area (Å²) in [4.78, 5) is 20.0. The Kier molecular flexibility index (Phi) is 6.00. The maximum absolute atomic E-state index is 11.9. The normalized spacial score (nSPS) is 13.4. The van der Waals surface area contributed by atoms with Crippen LogP contribution in [0, 0.1) is 5.92 Å². The van der Waals surface area contributed by atoms with Crippen LogP contribution in [0.15, 0.2) is 48.9 Å². The van der Waals surface area contributed by atoms with Gasteiger partial charge in [-0.1, -0.05) is 6.07 Å². The highest BCUT2D eigenvalue weighted by molar-refractivity contribution is 5.73. The summed E-state index contributed by atoms with van der Waals surface area (Å²) in [6.45, 7) is 0.796. The summed E-state index contributed by atoms with van der Waals surface area (Å²) in [5, 5.41) is 13.5. The number of carbonyl (C=O) groups is 1. The number of nitrogens with one attached hydrogen (secondary N) is 1. The van der Waals surface area contributed by atoms with E-state index in [-0.39, 0.29) is 6.54 Å². The fourth-order valence-corrected chi connectivity index (χ4v) is 2.13. The van der Waals surface area contributed by atoms with Crippen molar-refractivity contribution in [2.24, 2.45) is 5.92 Å². The van der Waals surface area contributed by atoms with E-state index in [9.17, 15) is 9.90 Å². The van der Waals surface area contributed by atoms with E-state index in [1.165, 1.54) is 7.11 Å². The Morgan fingerprint density at radius 1 is 1.27 bits per heavy atom. The van der Waals surface area contributed by atoms with Gasteiger partial charge in [0.25, 0.3) is 0 Å². The van der Waals surface area contributed by atoms with Crippen molar-refractivity contribution in [3.63, 3.8) is 0 Å². The molecule has 0 aliphatic carbocycles. The molecule has 0 radical (unpaired) electrons. The minimum absolute atomic E-state index is 0.284. The van der Waals surface area contributed by atoms with Crippen LogP contribution >= 0.6 is 0 Å². The van der Waals surface area contributed by atoms with Crippen molar-refractivity contribution in [1.29, 1.82) is 0 Å². The van der Waals surface area contributed by atoms with Crippen molar-refractivity contribution in [3.8, 4) is 0 Å². The maximum atomic E-state index is 11.9. The fraction of sp³-hybridized carbons (Fsp3) is 0.312. The highest BCUT2D eigenvalue weighted by atomic mass is 16.5. The van der Waals surface area contributed by atoms with Crippen molar-refractivity contribution in [1.82, 2.24) is 15.3 Å². The molecule has 2 rings (SSSR count). The Hall–Kier alpha value is -2.31. The molecule has 6 heteroatoms. The monoisotopic (exact) mass is 301 g/mol. The van der Waals surface area contributed by atoms with Crippen LogP contribution in [0.5, 0.6) is 0 Å². The predicted octanol–water partition coefficient (Wildman–Crippen LogP) is 1.09. The average molecular weight is 301 g/mol. The van der Waals surface area contributed by atoms with E-state index in [1.54, 1.807) is 30.7 Å². The first-order valence-corrected chi connectivity index (χ1v) is 6.99. The van der Waals surface area contributed by atoms with E-state index in [0.717, 1.165) is 5.69 Å². The Bertz CT molecular complexity index is 578. The molecule has 0 unspecified atom stereocenters. The largest absolute Gasteiger partial charge is 0.469 e. The van der Waals surface area contributed by atoms with Gasteiger partial charge in [0.05, 0.1) is 24.8 Å². The van der Waals surface area contributed by atoms with Gasteiger partial charge in [-0.05, 0) is 29.8 Å². The molecule has 2 atom stereocenters. The first-order chi connectivity index (χ1) is 10.7. The van der Waals surface area contributed by atoms with Crippen LogP contribution in [0.2, 0.25) is 0 Å². The van der Waals surface area contributed by atoms with Crippen LogP contribution in [0.1, 0.15) is 17.4 Å². The smallest absolute Gasteiger partial charge is 0.312 e. The summed E-state index contributed by atoms with van der Waals surface area (Å²) < 4.78 is 4.79. The van der Waals surface area contributed by atoms with E-state index < -0.39 is 18.0 Å². The van der Waals surface area contributed by atoms with E-state index in [0.29, 0.717) is 12.1 Å². The number of aliphatic hydroxyl groups excluding tert-OH is 1. The second kappa shape index (κ2) is 8.21. The lowest BCUT2D eigenvalue weighted by molar-refractivity contribution is -0.149. The molecule has 0 fully saturated rings. The van der Waals surface area contributed by atoms with E-state index in [1.807, 2.05) is 18.2 Å². The Morgan fingerprint density at radius 2 is 2.05 bits per heavy atom. The van der Waals surface area contributed by atoms with Gasteiger partial charge < -0.3 is 15.2 Å². The molecule has 2 heterocycles. The van der Waals surface area contributed by atoms with Gasteiger partial charge in [0, 0.05) is 31.7 Å². The molecular formula is C16H19N3O3. The lowest BCUT2D eigenvalue weighted by Gasteiger charge is -2.21. The first kappa shape index (κ1) is 16.1. The number of esters is 1. The lowest BCUT2D eigenvalue weighted by Crippen LogP contribution is -2.34. The van der Waals surface area contributed by atoms with Crippen LogP contribution < -0.4 is 5.32 Å². The van der Waals surface area contributed by atoms with E-state index in [4.69, 9.17) is 4.74 Å². The number of methoxy groups -OCH3 is 1. The van der Waals surface area contributed by atoms with Gasteiger partial charge in [0.1, 0.15) is 0 Å². The van der Waals surface area contributed by atoms with Gasteiger partial charge in [-0.2, -0.15) is 0 Å². The molecule has 116 valence electrons. The third-order valence-electron chi connectivity index (χ3n) is 3.33. The van der Waals surface area contributed by atoms with Gasteiger partial charge in [-0.3, -0.25) is 14.8 Å². The molecule has 22 heavy (non-hydrogen) atoms. The first-order valence-electron chi connectivity index (χ1n) is 6.99. The van der Waals surface area contributed by atoms with Crippen molar-refractivity contribution in [3.05, 3.63) is 60.2 Å². The average Bonchev–Trinajstić information content (AvgIpc) is 2.59. The summed E-state index contributed by atoms with van der Waals surface area (Å²) in [6, 6.07) is 8.99. The number of aliphatic hydroxyl groups is 1. The summed E-state index contributed by atoms with van der Waals surface area (Å²) >= 11 is 0. The van der Waals surface area contributed by atoms with Gasteiger partial charge >= 0.3 is 5.97 Å². The Morgan fingerprint density at radius 3 is 2.68 bits per heavy atom. The van der Waals surface area contributed by atoms with Crippen molar-refractivity contribution >= 4 is 5.97 Å². The van der Waals surface area contributed by atoms with Gasteiger partial charge in [-0.15, -0.1) is 0 Å². The zero-order chi connectivity index (χ0) is 15.8. The van der Waals surface area contributed by atoms with Crippen LogP contribution in [-0.4, -0.2) is 34.7 Å². The summed E-state index contributed by atoms with van der Waals surface area (Å²) in [5.74, 6) is -1.16. The number of rotatable bonds is 7. The van der Waals surface area contributed by atoms with E-state index >= 15 is 0 Å². The molecule has 0 aliphatic rings. The fourth-order valence-electron chi connectivity index (χ4n) is 2.13. The number of nitrogens with zero attached hydrogens (tertiary/aromatic N) is 2. The Labute approximate surface area is 129 Å². The molecule has 6 nitrogen and oxygen atoms in total. The van der Waals surface area contributed by atoms with Gasteiger partial charge in [-0.25, -0.2) is 0 Å². The molecule has 2 N–H and O–H groups in total. The highest BCUT2D eigenvalue weighted by Crippen LogP contribution is 2.22. The minimum atomic E-state index is -0.952. The lowest BCUT2D eigenvalue weighted by atomic mass is 9.96. The molecule has 0 aliphatic heterocycles. The van der Waals surface area contributed by atoms with Crippen molar-refractivity contribution in [2.45, 2.75) is 12.6 Å². The molecule has 0 bridgehead atoms. The quantitative estimate of drug-likeness (QED) is 0.745. The maximum Gasteiger partial charge on any atom is 0.312 e. The summed E-state index contributed by atoms with van der Waals surface area (Å²) in [6.07, 6.45) is 3.91. The SMILES string of the molecule is COC(=O)[C@H](CNCc1ccccn1)[C@@H](O)c1ccncc1. The van der Waals surface area contributed by atoms with Crippen molar-refractivity contribution < 1.29 is 14.6 Å². The topological polar surface area (TPSA) is 84.3 Å². The standard InChI is InChI=1S/C16H19N3O3/c1-22-16(21)14(15(20)12-5-8-17-9-6-12)11-18-10-13-4-2-3-7-19-13/h2-9,14-15,18,20H,10-11H2,1H3/t14-,15+/m1/s1. The second-order valence-electron chi connectivity index (χ2n) is 4.81. The molecule has 0 spiro atoms. The van der Waals surface area contributed by atoms with Crippen LogP contribution in [-0.2, 0) is 16.1 Å². The third-order valence-corrected chi connectivity index (χ3v) is 3.33. The number of hydrogen-bond acceptors (Lipinski definition) is 6. The molecule has 2 aromatic heterocycles. The number of pyridine rings is 2. The van der Waals surface area contributed by atoms with Gasteiger partial charge in [0.15, 0.2) is 0 Å². The number of carbonyl (C=O) groups excluding carboxylic acids is 1. The summed E-state index contributed by atoms with van der Waals surface area (Å²) in [5.41, 5.74) is 1.49. The van der Waals surface area contributed by atoms with Crippen LogP contribution in [0.3, 0.4) is 0 Å². The number of hydrogen-bond donors (Lipinski definition) is 2. The zero-order valence-electron chi connectivity index (χ0n) is 12.3. The highest BCUT2D eigenvalue weighted by Gasteiger charge is 2.28. The van der Waals surface area contributed by atoms with Crippen molar-refractivity contribution in [2.75, 3.05) is 13.7 Å². The Balaban J connectivity index is 1.99. The summed E-state index contributed by atoms with van der Waals surface area (Å²) in [7, 11) is 1.31. The van der Waals surface area contributed by atoms with E-state index in [2.05, 4.69) is 15.3 Å². The zero-order valence-corrected chi connectivity index (χ0v) is 12.3. The molecule has 0 amide bonds. The van der Waals surface area contributed by atoms with Crippen LogP contribution in [0.4, 0.5) is 0 Å². The number of ether oxygens (including phenoxy) is 1.